The quantitative estimate of drug-likeness (QED) is 0.585. The Bertz CT molecular complexity index is 1030. The molecule has 2 amide bonds. The summed E-state index contributed by atoms with van der Waals surface area (Å²) in [7, 11) is 0. The lowest BCUT2D eigenvalue weighted by molar-refractivity contribution is -0.123. The van der Waals surface area contributed by atoms with Gasteiger partial charge in [0, 0.05) is 10.1 Å². The predicted molar refractivity (Wildman–Crippen MR) is 113 cm³/mol. The van der Waals surface area contributed by atoms with Crippen molar-refractivity contribution in [3.05, 3.63) is 63.5 Å². The molecule has 0 spiro atoms. The van der Waals surface area contributed by atoms with Crippen LogP contribution in [-0.2, 0) is 4.79 Å². The number of amides is 2. The SMILES string of the molecule is Cc1ccc(C(C)C)c(OCC(=O)NNC(=O)c2sc3ccccc3c2Cl)c1. The fourth-order valence-corrected chi connectivity index (χ4v) is 4.18. The van der Waals surface area contributed by atoms with Crippen molar-refractivity contribution in [1.82, 2.24) is 10.9 Å². The molecule has 0 aliphatic rings. The molecule has 146 valence electrons. The van der Waals surface area contributed by atoms with Gasteiger partial charge in [0.15, 0.2) is 6.61 Å². The normalized spacial score (nSPS) is 10.9. The van der Waals surface area contributed by atoms with E-state index < -0.39 is 11.8 Å². The number of halogens is 1. The zero-order chi connectivity index (χ0) is 20.3. The second-order valence-electron chi connectivity index (χ2n) is 6.73. The molecule has 2 N–H and O–H groups in total. The van der Waals surface area contributed by atoms with Crippen LogP contribution in [0.5, 0.6) is 5.75 Å². The largest absolute Gasteiger partial charge is 0.483 e. The number of carbonyl (C=O) groups excluding carboxylic acids is 2. The minimum absolute atomic E-state index is 0.205. The number of fused-ring (bicyclic) bond motifs is 1. The molecule has 2 aromatic carbocycles. The summed E-state index contributed by atoms with van der Waals surface area (Å²) < 4.78 is 6.57. The average molecular weight is 417 g/mol. The van der Waals surface area contributed by atoms with Gasteiger partial charge in [-0.2, -0.15) is 0 Å². The van der Waals surface area contributed by atoms with Gasteiger partial charge >= 0.3 is 0 Å². The molecule has 0 radical (unpaired) electrons. The highest BCUT2D eigenvalue weighted by molar-refractivity contribution is 7.21. The van der Waals surface area contributed by atoms with Crippen LogP contribution < -0.4 is 15.6 Å². The first-order valence-electron chi connectivity index (χ1n) is 8.86. The van der Waals surface area contributed by atoms with Crippen molar-refractivity contribution >= 4 is 44.8 Å². The van der Waals surface area contributed by atoms with Crippen molar-refractivity contribution < 1.29 is 14.3 Å². The predicted octanol–water partition coefficient (Wildman–Crippen LogP) is 4.83. The van der Waals surface area contributed by atoms with Gasteiger partial charge in [-0.25, -0.2) is 0 Å². The molecule has 0 saturated heterocycles. The van der Waals surface area contributed by atoms with Crippen LogP contribution in [0.2, 0.25) is 5.02 Å². The Morgan fingerprint density at radius 1 is 1.14 bits per heavy atom. The highest BCUT2D eigenvalue weighted by Gasteiger charge is 2.17. The summed E-state index contributed by atoms with van der Waals surface area (Å²) in [5.74, 6) is 0.0252. The third-order valence-corrected chi connectivity index (χ3v) is 5.88. The topological polar surface area (TPSA) is 67.4 Å². The first-order chi connectivity index (χ1) is 13.4. The Morgan fingerprint density at radius 3 is 2.61 bits per heavy atom. The van der Waals surface area contributed by atoms with Crippen LogP contribution in [0.1, 0.15) is 40.6 Å². The summed E-state index contributed by atoms with van der Waals surface area (Å²) >= 11 is 7.56. The number of benzene rings is 2. The molecule has 0 aliphatic heterocycles. The maximum absolute atomic E-state index is 12.4. The summed E-state index contributed by atoms with van der Waals surface area (Å²) in [4.78, 5) is 24.8. The van der Waals surface area contributed by atoms with Gasteiger partial charge in [0.05, 0.1) is 5.02 Å². The molecule has 0 bridgehead atoms. The Kier molecular flexibility index (Phi) is 6.21. The van der Waals surface area contributed by atoms with Gasteiger partial charge < -0.3 is 4.74 Å². The second kappa shape index (κ2) is 8.63. The van der Waals surface area contributed by atoms with Crippen LogP contribution in [0.15, 0.2) is 42.5 Å². The fraction of sp³-hybridized carbons (Fsp3) is 0.238. The van der Waals surface area contributed by atoms with E-state index in [1.165, 1.54) is 11.3 Å². The number of ether oxygens (including phenoxy) is 1. The van der Waals surface area contributed by atoms with E-state index in [1.54, 1.807) is 0 Å². The van der Waals surface area contributed by atoms with Crippen LogP contribution >= 0.6 is 22.9 Å². The number of carbonyl (C=O) groups is 2. The van der Waals surface area contributed by atoms with E-state index >= 15 is 0 Å². The van der Waals surface area contributed by atoms with E-state index in [-0.39, 0.29) is 12.5 Å². The molecular weight excluding hydrogens is 396 g/mol. The van der Waals surface area contributed by atoms with Gasteiger partial charge in [0.1, 0.15) is 10.6 Å². The third-order valence-electron chi connectivity index (χ3n) is 4.21. The molecule has 0 fully saturated rings. The molecule has 1 aromatic heterocycles. The van der Waals surface area contributed by atoms with Gasteiger partial charge in [-0.1, -0.05) is 55.8 Å². The monoisotopic (exact) mass is 416 g/mol. The van der Waals surface area contributed by atoms with Crippen molar-refractivity contribution in [2.45, 2.75) is 26.7 Å². The van der Waals surface area contributed by atoms with Gasteiger partial charge in [-0.05, 0) is 36.1 Å². The van der Waals surface area contributed by atoms with Crippen molar-refractivity contribution in [3.63, 3.8) is 0 Å². The van der Waals surface area contributed by atoms with Crippen LogP contribution in [0.4, 0.5) is 0 Å². The summed E-state index contributed by atoms with van der Waals surface area (Å²) in [6.07, 6.45) is 0. The van der Waals surface area contributed by atoms with E-state index in [0.717, 1.165) is 21.2 Å². The van der Waals surface area contributed by atoms with Crippen LogP contribution in [0.3, 0.4) is 0 Å². The Balaban J connectivity index is 1.59. The van der Waals surface area contributed by atoms with Crippen molar-refractivity contribution in [2.75, 3.05) is 6.61 Å². The third kappa shape index (κ3) is 4.46. The van der Waals surface area contributed by atoms with Gasteiger partial charge in [0.2, 0.25) is 0 Å². The highest BCUT2D eigenvalue weighted by Crippen LogP contribution is 2.34. The fourth-order valence-electron chi connectivity index (χ4n) is 2.77. The number of rotatable bonds is 5. The average Bonchev–Trinajstić information content (AvgIpc) is 3.01. The molecule has 3 aromatic rings. The first kappa shape index (κ1) is 20.2. The van der Waals surface area contributed by atoms with E-state index in [1.807, 2.05) is 49.4 Å². The zero-order valence-electron chi connectivity index (χ0n) is 15.8. The maximum Gasteiger partial charge on any atom is 0.281 e. The number of nitrogens with one attached hydrogen (secondary N) is 2. The van der Waals surface area contributed by atoms with Crippen molar-refractivity contribution in [3.8, 4) is 5.75 Å². The van der Waals surface area contributed by atoms with Crippen LogP contribution in [0, 0.1) is 6.92 Å². The molecule has 0 saturated carbocycles. The lowest BCUT2D eigenvalue weighted by Crippen LogP contribution is -2.43. The first-order valence-corrected chi connectivity index (χ1v) is 10.1. The highest BCUT2D eigenvalue weighted by atomic mass is 35.5. The van der Waals surface area contributed by atoms with E-state index in [4.69, 9.17) is 16.3 Å². The molecular formula is C21H21ClN2O3S. The molecule has 28 heavy (non-hydrogen) atoms. The van der Waals surface area contributed by atoms with Crippen molar-refractivity contribution in [1.29, 1.82) is 0 Å². The summed E-state index contributed by atoms with van der Waals surface area (Å²) in [6.45, 7) is 5.88. The lowest BCUT2D eigenvalue weighted by atomic mass is 10.0. The Labute approximate surface area is 172 Å². The van der Waals surface area contributed by atoms with Crippen molar-refractivity contribution in [2.24, 2.45) is 0 Å². The van der Waals surface area contributed by atoms with Crippen LogP contribution in [-0.4, -0.2) is 18.4 Å². The number of hydrogen-bond acceptors (Lipinski definition) is 4. The van der Waals surface area contributed by atoms with E-state index in [9.17, 15) is 9.59 Å². The zero-order valence-corrected chi connectivity index (χ0v) is 17.4. The standard InChI is InChI=1S/C21H21ClN2O3S/c1-12(2)14-9-8-13(3)10-16(14)27-11-18(25)23-24-21(26)20-19(22)15-6-4-5-7-17(15)28-20/h4-10,12H,11H2,1-3H3,(H,23,25)(H,24,26). The van der Waals surface area contributed by atoms with Crippen LogP contribution in [0.25, 0.3) is 10.1 Å². The molecule has 7 heteroatoms. The Morgan fingerprint density at radius 2 is 1.89 bits per heavy atom. The second-order valence-corrected chi connectivity index (χ2v) is 8.16. The minimum atomic E-state index is -0.460. The molecule has 3 rings (SSSR count). The molecule has 0 aliphatic carbocycles. The number of hydrazine groups is 1. The number of hydrogen-bond donors (Lipinski definition) is 2. The minimum Gasteiger partial charge on any atom is -0.483 e. The molecule has 0 atom stereocenters. The molecule has 5 nitrogen and oxygen atoms in total. The summed E-state index contributed by atoms with van der Waals surface area (Å²) in [5, 5.41) is 1.19. The number of aryl methyl sites for hydroxylation is 1. The molecule has 1 heterocycles. The summed E-state index contributed by atoms with van der Waals surface area (Å²) in [6, 6.07) is 13.4. The Hall–Kier alpha value is -2.57. The smallest absolute Gasteiger partial charge is 0.281 e. The van der Waals surface area contributed by atoms with Gasteiger partial charge in [-0.3, -0.25) is 20.4 Å². The summed E-state index contributed by atoms with van der Waals surface area (Å²) in [5.41, 5.74) is 6.84. The van der Waals surface area contributed by atoms with E-state index in [0.29, 0.717) is 15.6 Å². The van der Waals surface area contributed by atoms with Gasteiger partial charge in [-0.15, -0.1) is 11.3 Å². The molecule has 0 unspecified atom stereocenters. The lowest BCUT2D eigenvalue weighted by Gasteiger charge is -2.15. The van der Waals surface area contributed by atoms with E-state index in [2.05, 4.69) is 24.7 Å². The van der Waals surface area contributed by atoms with Gasteiger partial charge in [0.25, 0.3) is 11.8 Å². The number of thiophene rings is 1. The maximum atomic E-state index is 12.4.